The molecule has 0 atom stereocenters. The molecular weight excluding hydrogens is 412 g/mol. The normalized spacial score (nSPS) is 13.2. The van der Waals surface area contributed by atoms with E-state index in [2.05, 4.69) is 10.3 Å². The van der Waals surface area contributed by atoms with Gasteiger partial charge in [0.2, 0.25) is 0 Å². The van der Waals surface area contributed by atoms with Gasteiger partial charge in [0.05, 0.1) is 4.92 Å². The number of hydrogen-bond donors (Lipinski definition) is 1. The molecule has 31 heavy (non-hydrogen) atoms. The van der Waals surface area contributed by atoms with Gasteiger partial charge >= 0.3 is 0 Å². The summed E-state index contributed by atoms with van der Waals surface area (Å²) >= 11 is 1.68. The molecule has 1 saturated heterocycles. The summed E-state index contributed by atoms with van der Waals surface area (Å²) in [7, 11) is 0. The van der Waals surface area contributed by atoms with Crippen LogP contribution in [0.1, 0.15) is 28.8 Å². The second kappa shape index (κ2) is 9.61. The number of nitrogens with zero attached hydrogens (tertiary/aromatic N) is 3. The number of benzene rings is 2. The highest BCUT2D eigenvalue weighted by atomic mass is 32.2. The van der Waals surface area contributed by atoms with Crippen LogP contribution >= 0.6 is 11.8 Å². The molecule has 0 aliphatic carbocycles. The van der Waals surface area contributed by atoms with E-state index < -0.39 is 4.92 Å². The lowest BCUT2D eigenvalue weighted by molar-refractivity contribution is -0.384. The number of nitrogens with one attached hydrogen (secondary N) is 1. The van der Waals surface area contributed by atoms with Gasteiger partial charge in [0.15, 0.2) is 0 Å². The van der Waals surface area contributed by atoms with Gasteiger partial charge in [-0.2, -0.15) is 0 Å². The van der Waals surface area contributed by atoms with Crippen molar-refractivity contribution >= 4 is 34.7 Å². The highest BCUT2D eigenvalue weighted by Crippen LogP contribution is 2.32. The third kappa shape index (κ3) is 5.21. The SMILES string of the molecule is O=C(Nc1ccc(SCc2cccnc2)cc1)c1ccc(N2CCCC2)c([N+](=O)[O-])c1. The fraction of sp³-hybridized carbons (Fsp3) is 0.217. The van der Waals surface area contributed by atoms with E-state index in [-0.39, 0.29) is 17.2 Å². The predicted molar refractivity (Wildman–Crippen MR) is 123 cm³/mol. The van der Waals surface area contributed by atoms with Gasteiger partial charge in [-0.3, -0.25) is 19.9 Å². The standard InChI is InChI=1S/C23H22N4O3S/c28-23(18-5-10-21(22(14-18)27(29)30)26-12-1-2-13-26)25-19-6-8-20(9-7-19)31-16-17-4-3-11-24-15-17/h3-11,14-15H,1-2,12-13,16H2,(H,25,28). The molecule has 0 spiro atoms. The monoisotopic (exact) mass is 434 g/mol. The molecule has 158 valence electrons. The Morgan fingerprint density at radius 2 is 1.90 bits per heavy atom. The number of rotatable bonds is 7. The maximum atomic E-state index is 12.7. The molecule has 0 saturated carbocycles. The molecule has 1 N–H and O–H groups in total. The number of thioether (sulfide) groups is 1. The van der Waals surface area contributed by atoms with Crippen LogP contribution in [-0.4, -0.2) is 28.9 Å². The molecule has 0 unspecified atom stereocenters. The number of nitro benzene ring substituents is 1. The molecule has 2 aromatic carbocycles. The molecule has 1 amide bonds. The second-order valence-corrected chi connectivity index (χ2v) is 8.33. The van der Waals surface area contributed by atoms with Crippen LogP contribution in [0.15, 0.2) is 71.9 Å². The maximum absolute atomic E-state index is 12.7. The van der Waals surface area contributed by atoms with Gasteiger partial charge in [-0.05, 0) is 60.9 Å². The maximum Gasteiger partial charge on any atom is 0.293 e. The average Bonchev–Trinajstić information content (AvgIpc) is 3.34. The van der Waals surface area contributed by atoms with Crippen LogP contribution in [0.2, 0.25) is 0 Å². The number of carbonyl (C=O) groups is 1. The minimum Gasteiger partial charge on any atom is -0.366 e. The third-order valence-corrected chi connectivity index (χ3v) is 6.20. The Labute approximate surface area is 184 Å². The summed E-state index contributed by atoms with van der Waals surface area (Å²) in [5, 5.41) is 14.4. The smallest absolute Gasteiger partial charge is 0.293 e. The van der Waals surface area contributed by atoms with Crippen molar-refractivity contribution < 1.29 is 9.72 Å². The number of carbonyl (C=O) groups excluding carboxylic acids is 1. The molecule has 1 aliphatic rings. The predicted octanol–water partition coefficient (Wildman–Crippen LogP) is 5.13. The van der Waals surface area contributed by atoms with Crippen LogP contribution in [0.25, 0.3) is 0 Å². The zero-order valence-electron chi connectivity index (χ0n) is 16.9. The zero-order chi connectivity index (χ0) is 21.6. The molecule has 0 radical (unpaired) electrons. The van der Waals surface area contributed by atoms with Crippen LogP contribution in [-0.2, 0) is 5.75 Å². The van der Waals surface area contributed by atoms with Crippen molar-refractivity contribution in [3.05, 3.63) is 88.2 Å². The summed E-state index contributed by atoms with van der Waals surface area (Å²) < 4.78 is 0. The summed E-state index contributed by atoms with van der Waals surface area (Å²) in [6, 6.07) is 16.2. The van der Waals surface area contributed by atoms with Crippen LogP contribution in [0, 0.1) is 10.1 Å². The Bertz CT molecular complexity index is 1070. The van der Waals surface area contributed by atoms with E-state index in [1.54, 1.807) is 30.1 Å². The first kappa shape index (κ1) is 20.9. The van der Waals surface area contributed by atoms with E-state index in [1.807, 2.05) is 47.5 Å². The van der Waals surface area contributed by atoms with Gasteiger partial charge < -0.3 is 10.2 Å². The van der Waals surface area contributed by atoms with Gasteiger partial charge in [0.25, 0.3) is 11.6 Å². The molecule has 1 aliphatic heterocycles. The molecule has 1 aromatic heterocycles. The van der Waals surface area contributed by atoms with E-state index >= 15 is 0 Å². The summed E-state index contributed by atoms with van der Waals surface area (Å²) in [5.41, 5.74) is 2.60. The van der Waals surface area contributed by atoms with Crippen LogP contribution < -0.4 is 10.2 Å². The second-order valence-electron chi connectivity index (χ2n) is 7.28. The highest BCUT2D eigenvalue weighted by molar-refractivity contribution is 7.98. The summed E-state index contributed by atoms with van der Waals surface area (Å²) in [4.78, 5) is 31.0. The Morgan fingerprint density at radius 1 is 1.13 bits per heavy atom. The number of anilines is 2. The van der Waals surface area contributed by atoms with Gasteiger partial charge in [-0.25, -0.2) is 0 Å². The van der Waals surface area contributed by atoms with Crippen LogP contribution in [0.5, 0.6) is 0 Å². The number of aromatic nitrogens is 1. The average molecular weight is 435 g/mol. The van der Waals surface area contributed by atoms with Crippen LogP contribution in [0.3, 0.4) is 0 Å². The summed E-state index contributed by atoms with van der Waals surface area (Å²) in [6.45, 7) is 1.61. The molecule has 8 heteroatoms. The largest absolute Gasteiger partial charge is 0.366 e. The fourth-order valence-corrected chi connectivity index (χ4v) is 4.36. The van der Waals surface area contributed by atoms with E-state index in [0.29, 0.717) is 11.4 Å². The zero-order valence-corrected chi connectivity index (χ0v) is 17.7. The quantitative estimate of drug-likeness (QED) is 0.315. The first-order chi connectivity index (χ1) is 15.1. The topological polar surface area (TPSA) is 88.4 Å². The highest BCUT2D eigenvalue weighted by Gasteiger charge is 2.23. The summed E-state index contributed by atoms with van der Waals surface area (Å²) in [6.07, 6.45) is 5.64. The van der Waals surface area contributed by atoms with Crippen molar-refractivity contribution in [1.82, 2.24) is 4.98 Å². The molecule has 7 nitrogen and oxygen atoms in total. The first-order valence-electron chi connectivity index (χ1n) is 10.1. The Morgan fingerprint density at radius 3 is 2.58 bits per heavy atom. The molecule has 0 bridgehead atoms. The van der Waals surface area contributed by atoms with Crippen molar-refractivity contribution in [3.63, 3.8) is 0 Å². The van der Waals surface area contributed by atoms with Crippen molar-refractivity contribution in [1.29, 1.82) is 0 Å². The van der Waals surface area contributed by atoms with Gasteiger partial charge in [-0.1, -0.05) is 6.07 Å². The number of pyridine rings is 1. The van der Waals surface area contributed by atoms with Gasteiger partial charge in [0, 0.05) is 53.4 Å². The lowest BCUT2D eigenvalue weighted by atomic mass is 10.1. The number of hydrogen-bond acceptors (Lipinski definition) is 6. The first-order valence-corrected chi connectivity index (χ1v) is 11.1. The summed E-state index contributed by atoms with van der Waals surface area (Å²) in [5.74, 6) is 0.443. The van der Waals surface area contributed by atoms with Crippen molar-refractivity contribution in [2.45, 2.75) is 23.5 Å². The van der Waals surface area contributed by atoms with E-state index in [0.717, 1.165) is 42.1 Å². The van der Waals surface area contributed by atoms with E-state index in [4.69, 9.17) is 0 Å². The fourth-order valence-electron chi connectivity index (χ4n) is 3.52. The molecule has 2 heterocycles. The minimum absolute atomic E-state index is 0.0308. The number of nitro groups is 1. The lowest BCUT2D eigenvalue weighted by Crippen LogP contribution is -2.19. The van der Waals surface area contributed by atoms with E-state index in [9.17, 15) is 14.9 Å². The Balaban J connectivity index is 1.41. The molecule has 4 rings (SSSR count). The lowest BCUT2D eigenvalue weighted by Gasteiger charge is -2.17. The minimum atomic E-state index is -0.418. The molecule has 3 aromatic rings. The Hall–Kier alpha value is -3.39. The molecular formula is C23H22N4O3S. The van der Waals surface area contributed by atoms with Crippen molar-refractivity contribution in [2.75, 3.05) is 23.3 Å². The van der Waals surface area contributed by atoms with Crippen molar-refractivity contribution in [3.8, 4) is 0 Å². The van der Waals surface area contributed by atoms with Gasteiger partial charge in [0.1, 0.15) is 5.69 Å². The van der Waals surface area contributed by atoms with Gasteiger partial charge in [-0.15, -0.1) is 11.8 Å². The van der Waals surface area contributed by atoms with E-state index in [1.165, 1.54) is 6.07 Å². The molecule has 1 fully saturated rings. The van der Waals surface area contributed by atoms with Crippen molar-refractivity contribution in [2.24, 2.45) is 0 Å². The third-order valence-electron chi connectivity index (χ3n) is 5.12. The van der Waals surface area contributed by atoms with Crippen LogP contribution in [0.4, 0.5) is 17.1 Å². The number of amides is 1. The Kier molecular flexibility index (Phi) is 6.47.